The minimum atomic E-state index is 0.463. The first-order chi connectivity index (χ1) is 20.7. The van der Waals surface area contributed by atoms with E-state index in [1.807, 2.05) is 30.3 Å². The fraction of sp³-hybridized carbons (Fsp3) is 0.0256. The number of nitrogens with two attached hydrogens (primary N) is 1. The SMILES string of the molecule is Nc1ccc2cc(N(c3ccccc3)c3ccc4cc(-c5ccccc5)ccc4c3)ccc2c1OCc1ccccc1. The van der Waals surface area contributed by atoms with Gasteiger partial charge >= 0.3 is 0 Å². The van der Waals surface area contributed by atoms with Gasteiger partial charge < -0.3 is 15.4 Å². The van der Waals surface area contributed by atoms with Crippen LogP contribution in [0.5, 0.6) is 5.75 Å². The largest absolute Gasteiger partial charge is 0.486 e. The van der Waals surface area contributed by atoms with Crippen molar-refractivity contribution in [2.75, 3.05) is 10.6 Å². The maximum atomic E-state index is 6.40. The molecule has 7 rings (SSSR count). The molecule has 0 aliphatic heterocycles. The maximum Gasteiger partial charge on any atom is 0.150 e. The van der Waals surface area contributed by atoms with Gasteiger partial charge in [-0.05, 0) is 87.4 Å². The van der Waals surface area contributed by atoms with Crippen LogP contribution in [0.4, 0.5) is 22.7 Å². The molecule has 0 amide bonds. The molecule has 0 spiro atoms. The molecule has 2 N–H and O–H groups in total. The van der Waals surface area contributed by atoms with E-state index >= 15 is 0 Å². The minimum absolute atomic E-state index is 0.463. The Labute approximate surface area is 246 Å². The van der Waals surface area contributed by atoms with Gasteiger partial charge in [-0.15, -0.1) is 0 Å². The summed E-state index contributed by atoms with van der Waals surface area (Å²) < 4.78 is 6.26. The fourth-order valence-corrected chi connectivity index (χ4v) is 5.54. The number of nitrogens with zero attached hydrogens (tertiary/aromatic N) is 1. The van der Waals surface area contributed by atoms with E-state index in [2.05, 4.69) is 132 Å². The lowest BCUT2D eigenvalue weighted by Crippen LogP contribution is -2.10. The standard InChI is InChI=1S/C39H30N2O/c40-38-23-19-33-26-36(21-22-37(33)39(38)42-27-28-10-4-1-5-11-28)41(34-14-8-3-9-15-34)35-20-18-31-24-30(16-17-32(31)25-35)29-12-6-2-7-13-29/h1-26H,27,40H2. The molecule has 0 heterocycles. The average molecular weight is 543 g/mol. The number of fused-ring (bicyclic) bond motifs is 2. The lowest BCUT2D eigenvalue weighted by Gasteiger charge is -2.26. The van der Waals surface area contributed by atoms with Gasteiger partial charge in [0.05, 0.1) is 5.69 Å². The van der Waals surface area contributed by atoms with Crippen molar-refractivity contribution < 1.29 is 4.74 Å². The second-order valence-electron chi connectivity index (χ2n) is 10.4. The molecule has 0 atom stereocenters. The molecule has 0 radical (unpaired) electrons. The minimum Gasteiger partial charge on any atom is -0.486 e. The smallest absolute Gasteiger partial charge is 0.150 e. The Morgan fingerprint density at radius 2 is 1.07 bits per heavy atom. The summed E-state index contributed by atoms with van der Waals surface area (Å²) in [5.74, 6) is 0.717. The van der Waals surface area contributed by atoms with Gasteiger partial charge in [-0.3, -0.25) is 0 Å². The summed E-state index contributed by atoms with van der Waals surface area (Å²) in [6.45, 7) is 0.463. The van der Waals surface area contributed by atoms with Crippen LogP contribution >= 0.6 is 0 Å². The number of anilines is 4. The highest BCUT2D eigenvalue weighted by atomic mass is 16.5. The molecule has 202 valence electrons. The molecule has 0 fully saturated rings. The van der Waals surface area contributed by atoms with Crippen molar-refractivity contribution in [2.24, 2.45) is 0 Å². The molecule has 3 nitrogen and oxygen atoms in total. The van der Waals surface area contributed by atoms with Crippen LogP contribution in [0.1, 0.15) is 5.56 Å². The molecule has 0 unspecified atom stereocenters. The topological polar surface area (TPSA) is 38.5 Å². The van der Waals surface area contributed by atoms with Crippen LogP contribution < -0.4 is 15.4 Å². The zero-order valence-corrected chi connectivity index (χ0v) is 23.2. The Bertz CT molecular complexity index is 1990. The molecule has 7 aromatic rings. The van der Waals surface area contributed by atoms with Gasteiger partial charge in [-0.1, -0.05) is 103 Å². The Hall–Kier alpha value is -5.54. The highest BCUT2D eigenvalue weighted by Gasteiger charge is 2.15. The summed E-state index contributed by atoms with van der Waals surface area (Å²) in [7, 11) is 0. The Kier molecular flexibility index (Phi) is 6.75. The van der Waals surface area contributed by atoms with Crippen LogP contribution in [0.2, 0.25) is 0 Å². The van der Waals surface area contributed by atoms with Gasteiger partial charge in [0.15, 0.2) is 5.75 Å². The highest BCUT2D eigenvalue weighted by Crippen LogP contribution is 2.40. The third-order valence-corrected chi connectivity index (χ3v) is 7.67. The zero-order chi connectivity index (χ0) is 28.3. The number of ether oxygens (including phenoxy) is 1. The highest BCUT2D eigenvalue weighted by molar-refractivity contribution is 5.97. The first-order valence-corrected chi connectivity index (χ1v) is 14.2. The Morgan fingerprint density at radius 3 is 1.83 bits per heavy atom. The zero-order valence-electron chi connectivity index (χ0n) is 23.2. The second kappa shape index (κ2) is 11.1. The normalized spacial score (nSPS) is 11.0. The predicted octanol–water partition coefficient (Wildman–Crippen LogP) is 10.3. The lowest BCUT2D eigenvalue weighted by atomic mass is 10.0. The monoisotopic (exact) mass is 542 g/mol. The van der Waals surface area contributed by atoms with E-state index < -0.39 is 0 Å². The van der Waals surface area contributed by atoms with E-state index in [0.29, 0.717) is 18.0 Å². The van der Waals surface area contributed by atoms with Gasteiger partial charge in [0.1, 0.15) is 6.61 Å². The summed E-state index contributed by atoms with van der Waals surface area (Å²) >= 11 is 0. The van der Waals surface area contributed by atoms with Crippen LogP contribution in [-0.2, 0) is 6.61 Å². The van der Waals surface area contributed by atoms with Crippen LogP contribution in [-0.4, -0.2) is 0 Å². The van der Waals surface area contributed by atoms with Crippen molar-refractivity contribution in [1.82, 2.24) is 0 Å². The maximum absolute atomic E-state index is 6.40. The quantitative estimate of drug-likeness (QED) is 0.204. The van der Waals surface area contributed by atoms with Crippen molar-refractivity contribution in [3.05, 3.63) is 163 Å². The van der Waals surface area contributed by atoms with Crippen LogP contribution in [0, 0.1) is 0 Å². The molecule has 3 heteroatoms. The molecule has 0 saturated heterocycles. The van der Waals surface area contributed by atoms with Gasteiger partial charge in [-0.25, -0.2) is 0 Å². The molecule has 42 heavy (non-hydrogen) atoms. The summed E-state index contributed by atoms with van der Waals surface area (Å²) in [6, 6.07) is 55.0. The molecule has 0 aliphatic rings. The number of rotatable bonds is 7. The second-order valence-corrected chi connectivity index (χ2v) is 10.4. The van der Waals surface area contributed by atoms with Gasteiger partial charge in [0.25, 0.3) is 0 Å². The van der Waals surface area contributed by atoms with E-state index in [1.165, 1.54) is 21.9 Å². The molecule has 0 bridgehead atoms. The van der Waals surface area contributed by atoms with E-state index in [-0.39, 0.29) is 0 Å². The van der Waals surface area contributed by atoms with E-state index in [4.69, 9.17) is 10.5 Å². The van der Waals surface area contributed by atoms with Crippen molar-refractivity contribution in [1.29, 1.82) is 0 Å². The third kappa shape index (κ3) is 5.04. The summed E-state index contributed by atoms with van der Waals surface area (Å²) in [6.07, 6.45) is 0. The number of benzene rings is 7. The third-order valence-electron chi connectivity index (χ3n) is 7.67. The van der Waals surface area contributed by atoms with Gasteiger partial charge in [0.2, 0.25) is 0 Å². The molecule has 7 aromatic carbocycles. The summed E-state index contributed by atoms with van der Waals surface area (Å²) in [4.78, 5) is 2.30. The molecular weight excluding hydrogens is 512 g/mol. The van der Waals surface area contributed by atoms with Gasteiger partial charge in [-0.2, -0.15) is 0 Å². The van der Waals surface area contributed by atoms with E-state index in [1.54, 1.807) is 0 Å². The number of hydrogen-bond donors (Lipinski definition) is 1. The molecular formula is C39H30N2O. The number of hydrogen-bond acceptors (Lipinski definition) is 3. The van der Waals surface area contributed by atoms with Gasteiger partial charge in [0, 0.05) is 22.4 Å². The van der Waals surface area contributed by atoms with Crippen molar-refractivity contribution >= 4 is 44.3 Å². The van der Waals surface area contributed by atoms with Crippen molar-refractivity contribution in [3.63, 3.8) is 0 Å². The molecule has 0 saturated carbocycles. The van der Waals surface area contributed by atoms with E-state index in [0.717, 1.165) is 33.4 Å². The predicted molar refractivity (Wildman–Crippen MR) is 177 cm³/mol. The first kappa shape index (κ1) is 25.4. The Morgan fingerprint density at radius 1 is 0.476 bits per heavy atom. The average Bonchev–Trinajstić information content (AvgIpc) is 3.05. The van der Waals surface area contributed by atoms with Crippen LogP contribution in [0.3, 0.4) is 0 Å². The molecule has 0 aliphatic carbocycles. The summed E-state index contributed by atoms with van der Waals surface area (Å²) in [5, 5.41) is 4.47. The number of para-hydroxylation sites is 1. The lowest BCUT2D eigenvalue weighted by molar-refractivity contribution is 0.312. The summed E-state index contributed by atoms with van der Waals surface area (Å²) in [5.41, 5.74) is 13.8. The van der Waals surface area contributed by atoms with Crippen LogP contribution in [0.25, 0.3) is 32.7 Å². The van der Waals surface area contributed by atoms with E-state index in [9.17, 15) is 0 Å². The fourth-order valence-electron chi connectivity index (χ4n) is 5.54. The molecule has 0 aromatic heterocycles. The van der Waals surface area contributed by atoms with Crippen molar-refractivity contribution in [2.45, 2.75) is 6.61 Å². The first-order valence-electron chi connectivity index (χ1n) is 14.2. The Balaban J connectivity index is 1.28. The number of nitrogen functional groups attached to an aromatic ring is 1. The van der Waals surface area contributed by atoms with Crippen molar-refractivity contribution in [3.8, 4) is 16.9 Å². The van der Waals surface area contributed by atoms with Crippen LogP contribution in [0.15, 0.2) is 158 Å².